The van der Waals surface area contributed by atoms with Crippen LogP contribution in [0, 0.1) is 6.92 Å². The Labute approximate surface area is 158 Å². The molecule has 0 saturated carbocycles. The number of benzene rings is 1. The van der Waals surface area contributed by atoms with Gasteiger partial charge in [0.15, 0.2) is 0 Å². The van der Waals surface area contributed by atoms with Crippen LogP contribution < -0.4 is 5.32 Å². The number of pyridine rings is 1. The molecule has 0 bridgehead atoms. The molecule has 7 nitrogen and oxygen atoms in total. The van der Waals surface area contributed by atoms with Gasteiger partial charge in [-0.2, -0.15) is 0 Å². The van der Waals surface area contributed by atoms with Crippen molar-refractivity contribution < 1.29 is 14.4 Å². The largest absolute Gasteiger partial charge is 0.348 e. The molecule has 1 aliphatic rings. The number of rotatable bonds is 5. The van der Waals surface area contributed by atoms with Crippen molar-refractivity contribution in [3.63, 3.8) is 0 Å². The van der Waals surface area contributed by atoms with Crippen LogP contribution in [0.3, 0.4) is 0 Å². The summed E-state index contributed by atoms with van der Waals surface area (Å²) in [6.45, 7) is 4.35. The molecular formula is C20H22N4O3. The van der Waals surface area contributed by atoms with Gasteiger partial charge in [-0.05, 0) is 30.2 Å². The van der Waals surface area contributed by atoms with Crippen molar-refractivity contribution in [3.05, 3.63) is 65.0 Å². The Balaban J connectivity index is 1.64. The molecule has 140 valence electrons. The van der Waals surface area contributed by atoms with E-state index in [4.69, 9.17) is 0 Å². The molecule has 1 N–H and O–H groups in total. The second-order valence-electron chi connectivity index (χ2n) is 6.47. The summed E-state index contributed by atoms with van der Waals surface area (Å²) in [4.78, 5) is 43.2. The van der Waals surface area contributed by atoms with E-state index in [0.29, 0.717) is 38.3 Å². The highest BCUT2D eigenvalue weighted by Gasteiger charge is 2.22. The number of hydrogen-bond acceptors (Lipinski definition) is 4. The van der Waals surface area contributed by atoms with Crippen LogP contribution in [-0.2, 0) is 11.3 Å². The normalized spacial score (nSPS) is 14.0. The van der Waals surface area contributed by atoms with E-state index in [1.54, 1.807) is 15.9 Å². The highest BCUT2D eigenvalue weighted by atomic mass is 16.2. The predicted molar refractivity (Wildman–Crippen MR) is 100 cm³/mol. The van der Waals surface area contributed by atoms with Crippen LogP contribution >= 0.6 is 0 Å². The van der Waals surface area contributed by atoms with Crippen LogP contribution in [0.15, 0.2) is 42.6 Å². The maximum Gasteiger partial charge on any atom is 0.272 e. The lowest BCUT2D eigenvalue weighted by Gasteiger charge is -2.32. The van der Waals surface area contributed by atoms with E-state index in [9.17, 15) is 14.4 Å². The number of carbonyl (C=O) groups is 3. The van der Waals surface area contributed by atoms with Gasteiger partial charge in [-0.3, -0.25) is 19.4 Å². The number of aryl methyl sites for hydroxylation is 1. The number of aromatic nitrogens is 1. The molecule has 1 fully saturated rings. The van der Waals surface area contributed by atoms with Crippen molar-refractivity contribution in [2.75, 3.05) is 26.2 Å². The molecule has 0 aliphatic carbocycles. The molecule has 1 aromatic heterocycles. The number of hydrogen-bond donors (Lipinski definition) is 1. The molecule has 3 rings (SSSR count). The summed E-state index contributed by atoms with van der Waals surface area (Å²) >= 11 is 0. The van der Waals surface area contributed by atoms with E-state index in [2.05, 4.69) is 10.3 Å². The fourth-order valence-corrected chi connectivity index (χ4v) is 2.97. The van der Waals surface area contributed by atoms with E-state index in [1.165, 1.54) is 12.3 Å². The SMILES string of the molecule is Cc1ccccc1CNC(=O)c1ccnc(C(=O)N2CCN(C=O)CC2)c1. The van der Waals surface area contributed by atoms with Crippen molar-refractivity contribution >= 4 is 18.2 Å². The number of carbonyl (C=O) groups excluding carboxylic acids is 3. The van der Waals surface area contributed by atoms with Crippen molar-refractivity contribution in [1.82, 2.24) is 20.1 Å². The maximum atomic E-state index is 12.6. The average molecular weight is 366 g/mol. The van der Waals surface area contributed by atoms with Gasteiger partial charge in [-0.25, -0.2) is 0 Å². The molecule has 1 aliphatic heterocycles. The van der Waals surface area contributed by atoms with Gasteiger partial charge in [-0.15, -0.1) is 0 Å². The van der Waals surface area contributed by atoms with Gasteiger partial charge in [0.1, 0.15) is 5.69 Å². The lowest BCUT2D eigenvalue weighted by atomic mass is 10.1. The summed E-state index contributed by atoms with van der Waals surface area (Å²) in [7, 11) is 0. The molecular weight excluding hydrogens is 344 g/mol. The van der Waals surface area contributed by atoms with Gasteiger partial charge in [0.25, 0.3) is 11.8 Å². The Bertz CT molecular complexity index is 845. The summed E-state index contributed by atoms with van der Waals surface area (Å²) in [5, 5.41) is 2.88. The van der Waals surface area contributed by atoms with Gasteiger partial charge in [0.05, 0.1) is 0 Å². The molecule has 27 heavy (non-hydrogen) atoms. The first-order valence-corrected chi connectivity index (χ1v) is 8.86. The minimum absolute atomic E-state index is 0.228. The molecule has 2 aromatic rings. The molecule has 3 amide bonds. The highest BCUT2D eigenvalue weighted by molar-refractivity contribution is 5.98. The van der Waals surface area contributed by atoms with Crippen LogP contribution in [0.4, 0.5) is 0 Å². The molecule has 1 saturated heterocycles. The van der Waals surface area contributed by atoms with Crippen molar-refractivity contribution in [2.45, 2.75) is 13.5 Å². The smallest absolute Gasteiger partial charge is 0.272 e. The summed E-state index contributed by atoms with van der Waals surface area (Å²) in [6.07, 6.45) is 2.26. The quantitative estimate of drug-likeness (QED) is 0.807. The van der Waals surface area contributed by atoms with Crippen molar-refractivity contribution in [1.29, 1.82) is 0 Å². The molecule has 1 aromatic carbocycles. The van der Waals surface area contributed by atoms with Crippen LogP contribution in [0.25, 0.3) is 0 Å². The lowest BCUT2D eigenvalue weighted by molar-refractivity contribution is -0.119. The highest BCUT2D eigenvalue weighted by Crippen LogP contribution is 2.10. The fourth-order valence-electron chi connectivity index (χ4n) is 2.97. The first-order valence-electron chi connectivity index (χ1n) is 8.86. The zero-order chi connectivity index (χ0) is 19.2. The fraction of sp³-hybridized carbons (Fsp3) is 0.300. The number of piperazine rings is 1. The van der Waals surface area contributed by atoms with E-state index in [0.717, 1.165) is 17.5 Å². The van der Waals surface area contributed by atoms with Crippen LogP contribution in [0.5, 0.6) is 0 Å². The van der Waals surface area contributed by atoms with Crippen LogP contribution in [-0.4, -0.2) is 59.2 Å². The van der Waals surface area contributed by atoms with Crippen molar-refractivity contribution in [2.24, 2.45) is 0 Å². The zero-order valence-corrected chi connectivity index (χ0v) is 15.2. The summed E-state index contributed by atoms with van der Waals surface area (Å²) in [5.74, 6) is -0.477. The Kier molecular flexibility index (Phi) is 5.80. The van der Waals surface area contributed by atoms with Gasteiger partial charge in [0.2, 0.25) is 6.41 Å². The minimum atomic E-state index is -0.250. The van der Waals surface area contributed by atoms with Gasteiger partial charge in [-0.1, -0.05) is 24.3 Å². The van der Waals surface area contributed by atoms with Gasteiger partial charge < -0.3 is 15.1 Å². The third-order valence-corrected chi connectivity index (χ3v) is 4.69. The Morgan fingerprint density at radius 2 is 1.89 bits per heavy atom. The van der Waals surface area contributed by atoms with Crippen LogP contribution in [0.2, 0.25) is 0 Å². The molecule has 0 radical (unpaired) electrons. The predicted octanol–water partition coefficient (Wildman–Crippen LogP) is 1.23. The summed E-state index contributed by atoms with van der Waals surface area (Å²) in [5.41, 5.74) is 2.79. The Morgan fingerprint density at radius 1 is 1.15 bits per heavy atom. The van der Waals surface area contributed by atoms with E-state index in [1.807, 2.05) is 31.2 Å². The van der Waals surface area contributed by atoms with E-state index in [-0.39, 0.29) is 17.5 Å². The van der Waals surface area contributed by atoms with E-state index >= 15 is 0 Å². The van der Waals surface area contributed by atoms with Crippen molar-refractivity contribution in [3.8, 4) is 0 Å². The molecule has 0 atom stereocenters. The third-order valence-electron chi connectivity index (χ3n) is 4.69. The lowest BCUT2D eigenvalue weighted by Crippen LogP contribution is -2.48. The van der Waals surface area contributed by atoms with Gasteiger partial charge in [0, 0.05) is 44.5 Å². The number of nitrogens with zero attached hydrogens (tertiary/aromatic N) is 3. The zero-order valence-electron chi connectivity index (χ0n) is 15.2. The van der Waals surface area contributed by atoms with E-state index < -0.39 is 0 Å². The molecule has 0 unspecified atom stereocenters. The third kappa shape index (κ3) is 4.49. The average Bonchev–Trinajstić information content (AvgIpc) is 2.72. The summed E-state index contributed by atoms with van der Waals surface area (Å²) in [6, 6.07) is 11.0. The minimum Gasteiger partial charge on any atom is -0.348 e. The molecule has 7 heteroatoms. The molecule has 0 spiro atoms. The topological polar surface area (TPSA) is 82.6 Å². The second-order valence-corrected chi connectivity index (χ2v) is 6.47. The second kappa shape index (κ2) is 8.44. The monoisotopic (exact) mass is 366 g/mol. The maximum absolute atomic E-state index is 12.6. The molecule has 2 heterocycles. The first kappa shape index (κ1) is 18.6. The van der Waals surface area contributed by atoms with Gasteiger partial charge >= 0.3 is 0 Å². The number of nitrogens with one attached hydrogen (secondary N) is 1. The number of amides is 3. The Hall–Kier alpha value is -3.22. The summed E-state index contributed by atoms with van der Waals surface area (Å²) < 4.78 is 0. The first-order chi connectivity index (χ1) is 13.1. The standard InChI is InChI=1S/C20H22N4O3/c1-15-4-2-3-5-17(15)13-22-19(26)16-6-7-21-18(12-16)20(27)24-10-8-23(14-25)9-11-24/h2-7,12,14H,8-11,13H2,1H3,(H,22,26). The van der Waals surface area contributed by atoms with Crippen LogP contribution in [0.1, 0.15) is 32.0 Å². The Morgan fingerprint density at radius 3 is 2.59 bits per heavy atom.